The van der Waals surface area contributed by atoms with Crippen molar-refractivity contribution < 1.29 is 31.9 Å². The van der Waals surface area contributed by atoms with Gasteiger partial charge in [-0.25, -0.2) is 4.39 Å². The van der Waals surface area contributed by atoms with Crippen molar-refractivity contribution in [2.75, 3.05) is 18.5 Å². The van der Waals surface area contributed by atoms with Crippen LogP contribution in [0.5, 0.6) is 0 Å². The Kier molecular flexibility index (Phi) is 11.1. The Labute approximate surface area is 220 Å². The Morgan fingerprint density at radius 2 is 1.70 bits per heavy atom. The zero-order chi connectivity index (χ0) is 26.9. The lowest BCUT2D eigenvalue weighted by atomic mass is 9.67. The van der Waals surface area contributed by atoms with Crippen LogP contribution in [-0.2, 0) is 22.7 Å². The van der Waals surface area contributed by atoms with E-state index in [-0.39, 0.29) is 41.5 Å². The summed E-state index contributed by atoms with van der Waals surface area (Å²) in [6.07, 6.45) is 3.78. The van der Waals surface area contributed by atoms with Crippen molar-refractivity contribution in [2.45, 2.75) is 80.8 Å². The molecule has 0 aromatic heterocycles. The second-order valence-electron chi connectivity index (χ2n) is 9.87. The molecule has 0 heterocycles. The predicted octanol–water partition coefficient (Wildman–Crippen LogP) is 7.67. The minimum Gasteiger partial charge on any atom is -0.324 e. The number of halogens is 4. The van der Waals surface area contributed by atoms with Crippen LogP contribution in [0, 0.1) is 5.82 Å². The van der Waals surface area contributed by atoms with E-state index in [9.17, 15) is 22.1 Å². The van der Waals surface area contributed by atoms with Gasteiger partial charge in [0.25, 0.3) is 0 Å². The largest absolute Gasteiger partial charge is 0.417 e. The van der Waals surface area contributed by atoms with Crippen LogP contribution in [0.25, 0.3) is 0 Å². The average molecular weight is 562 g/mol. The third-order valence-electron chi connectivity index (χ3n) is 7.08. The minimum atomic E-state index is -4.61. The lowest BCUT2D eigenvalue weighted by molar-refractivity contribution is -0.139. The molecule has 2 aromatic carbocycles. The molecule has 4 nitrogen and oxygen atoms in total. The van der Waals surface area contributed by atoms with E-state index in [1.807, 2.05) is 6.07 Å². The van der Waals surface area contributed by atoms with E-state index in [4.69, 9.17) is 9.79 Å². The molecule has 0 amide bonds. The van der Waals surface area contributed by atoms with E-state index in [1.165, 1.54) is 24.8 Å². The molecule has 0 bridgehead atoms. The van der Waals surface area contributed by atoms with E-state index in [0.717, 1.165) is 56.0 Å². The Morgan fingerprint density at radius 3 is 2.35 bits per heavy atom. The second kappa shape index (κ2) is 13.6. The van der Waals surface area contributed by atoms with Gasteiger partial charge in [-0.15, -0.1) is 11.8 Å². The van der Waals surface area contributed by atoms with Crippen molar-refractivity contribution in [3.05, 3.63) is 65.0 Å². The van der Waals surface area contributed by atoms with Gasteiger partial charge in [0.1, 0.15) is 5.82 Å². The van der Waals surface area contributed by atoms with Crippen molar-refractivity contribution in [1.29, 1.82) is 0 Å². The van der Waals surface area contributed by atoms with Crippen LogP contribution in [0.2, 0.25) is 0 Å². The standard InChI is InChI=1S/C27H36F4NO3PS/c28-24-19-25(23(27(29,30)31)18-21(24)20-32-15-9-16-36(33,34)35)37-17-8-7-14-26(12-5-2-6-13-26)22-10-3-1-4-11-22/h1,3-4,10-11,18-19,32H,2,5-9,12-17,20H2,(H2,33,34,35). The fourth-order valence-electron chi connectivity index (χ4n) is 5.16. The van der Waals surface area contributed by atoms with Crippen molar-refractivity contribution in [1.82, 2.24) is 5.32 Å². The molecule has 3 rings (SSSR count). The second-order valence-corrected chi connectivity index (χ2v) is 12.8. The SMILES string of the molecule is O=P(O)(O)CCCNCc1cc(C(F)(F)F)c(SCCCCC2(c3ccccc3)CCCCC2)cc1F. The number of nitrogens with one attached hydrogen (secondary N) is 1. The minimum absolute atomic E-state index is 0.106. The van der Waals surface area contributed by atoms with Gasteiger partial charge >= 0.3 is 13.8 Å². The Hall–Kier alpha value is -1.38. The molecule has 206 valence electrons. The molecule has 3 N–H and O–H groups in total. The highest BCUT2D eigenvalue weighted by atomic mass is 32.2. The van der Waals surface area contributed by atoms with Crippen molar-refractivity contribution in [3.8, 4) is 0 Å². The Bertz CT molecular complexity index is 1040. The molecular formula is C27H36F4NO3PS. The van der Waals surface area contributed by atoms with Crippen LogP contribution < -0.4 is 5.32 Å². The van der Waals surface area contributed by atoms with Crippen LogP contribution in [0.4, 0.5) is 17.6 Å². The van der Waals surface area contributed by atoms with Gasteiger partial charge in [-0.05, 0) is 67.5 Å². The van der Waals surface area contributed by atoms with Crippen LogP contribution in [0.3, 0.4) is 0 Å². The zero-order valence-corrected chi connectivity index (χ0v) is 22.6. The highest BCUT2D eigenvalue weighted by Gasteiger charge is 2.35. The number of rotatable bonds is 13. The molecular weight excluding hydrogens is 525 g/mol. The molecule has 37 heavy (non-hydrogen) atoms. The van der Waals surface area contributed by atoms with Crippen LogP contribution in [0.15, 0.2) is 47.4 Å². The fourth-order valence-corrected chi connectivity index (χ4v) is 6.82. The van der Waals surface area contributed by atoms with E-state index in [0.29, 0.717) is 5.75 Å². The monoisotopic (exact) mass is 561 g/mol. The van der Waals surface area contributed by atoms with Gasteiger partial charge in [-0.1, -0.05) is 56.0 Å². The quantitative estimate of drug-likeness (QED) is 0.101. The molecule has 1 saturated carbocycles. The van der Waals surface area contributed by atoms with E-state index >= 15 is 0 Å². The molecule has 0 atom stereocenters. The van der Waals surface area contributed by atoms with Crippen molar-refractivity contribution in [3.63, 3.8) is 0 Å². The van der Waals surface area contributed by atoms with Gasteiger partial charge in [-0.2, -0.15) is 13.2 Å². The summed E-state index contributed by atoms with van der Waals surface area (Å²) < 4.78 is 66.8. The van der Waals surface area contributed by atoms with Gasteiger partial charge in [0.2, 0.25) is 0 Å². The van der Waals surface area contributed by atoms with Gasteiger partial charge in [-0.3, -0.25) is 4.57 Å². The first-order valence-corrected chi connectivity index (χ1v) is 15.6. The lowest BCUT2D eigenvalue weighted by Crippen LogP contribution is -2.29. The summed E-state index contributed by atoms with van der Waals surface area (Å²) in [5, 5.41) is 2.76. The van der Waals surface area contributed by atoms with Gasteiger partial charge in [0.05, 0.1) is 11.7 Å². The molecule has 1 fully saturated rings. The first-order chi connectivity index (χ1) is 17.5. The number of unbranched alkanes of at least 4 members (excludes halogenated alkanes) is 1. The number of thioether (sulfide) groups is 1. The number of alkyl halides is 3. The maximum Gasteiger partial charge on any atom is 0.417 e. The van der Waals surface area contributed by atoms with E-state index < -0.39 is 25.2 Å². The third kappa shape index (κ3) is 9.39. The zero-order valence-electron chi connectivity index (χ0n) is 20.9. The lowest BCUT2D eigenvalue weighted by Gasteiger charge is -2.38. The fraction of sp³-hybridized carbons (Fsp3) is 0.556. The average Bonchev–Trinajstić information content (AvgIpc) is 2.84. The Morgan fingerprint density at radius 1 is 1.00 bits per heavy atom. The van der Waals surface area contributed by atoms with Gasteiger partial charge in [0.15, 0.2) is 0 Å². The maximum absolute atomic E-state index is 14.6. The van der Waals surface area contributed by atoms with E-state index in [2.05, 4.69) is 29.6 Å². The molecule has 1 aliphatic rings. The van der Waals surface area contributed by atoms with Crippen LogP contribution in [0.1, 0.15) is 74.5 Å². The summed E-state index contributed by atoms with van der Waals surface area (Å²) in [5.74, 6) is -0.240. The molecule has 1 aliphatic carbocycles. The molecule has 0 unspecified atom stereocenters. The highest BCUT2D eigenvalue weighted by Crippen LogP contribution is 2.44. The third-order valence-corrected chi connectivity index (χ3v) is 9.12. The molecule has 0 aliphatic heterocycles. The maximum atomic E-state index is 14.6. The number of hydrogen-bond donors (Lipinski definition) is 3. The first-order valence-electron chi connectivity index (χ1n) is 12.8. The smallest absolute Gasteiger partial charge is 0.324 e. The normalized spacial score (nSPS) is 16.2. The van der Waals surface area contributed by atoms with Gasteiger partial charge in [0, 0.05) is 17.0 Å². The molecule has 2 aromatic rings. The highest BCUT2D eigenvalue weighted by molar-refractivity contribution is 7.99. The topological polar surface area (TPSA) is 69.6 Å². The predicted molar refractivity (Wildman–Crippen MR) is 140 cm³/mol. The summed E-state index contributed by atoms with van der Waals surface area (Å²) in [6, 6.07) is 12.3. The summed E-state index contributed by atoms with van der Waals surface area (Å²) in [7, 11) is -4.13. The first kappa shape index (κ1) is 30.2. The summed E-state index contributed by atoms with van der Waals surface area (Å²) in [4.78, 5) is 17.6. The molecule has 0 saturated heterocycles. The van der Waals surface area contributed by atoms with Crippen LogP contribution in [-0.4, -0.2) is 28.2 Å². The molecule has 0 radical (unpaired) electrons. The van der Waals surface area contributed by atoms with Gasteiger partial charge < -0.3 is 15.1 Å². The van der Waals surface area contributed by atoms with Crippen molar-refractivity contribution >= 4 is 19.4 Å². The van der Waals surface area contributed by atoms with E-state index in [1.54, 1.807) is 0 Å². The van der Waals surface area contributed by atoms with Crippen LogP contribution >= 0.6 is 19.4 Å². The summed E-state index contributed by atoms with van der Waals surface area (Å²) >= 11 is 1.05. The van der Waals surface area contributed by atoms with Crippen molar-refractivity contribution in [2.24, 2.45) is 0 Å². The number of benzene rings is 2. The summed E-state index contributed by atoms with van der Waals surface area (Å²) in [6.45, 7) is 0.00939. The molecule has 10 heteroatoms. The summed E-state index contributed by atoms with van der Waals surface area (Å²) in [5.41, 5.74) is 0.538. The molecule has 0 spiro atoms. The Balaban J connectivity index is 1.56. The number of hydrogen-bond acceptors (Lipinski definition) is 3.